The van der Waals surface area contributed by atoms with Crippen LogP contribution < -0.4 is 11.1 Å². The molecule has 2 unspecified atom stereocenters. The van der Waals surface area contributed by atoms with E-state index in [1.54, 1.807) is 0 Å². The molecule has 1 aromatic rings. The number of carbonyl (C=O) groups is 1. The summed E-state index contributed by atoms with van der Waals surface area (Å²) in [4.78, 5) is 11.5. The molecule has 6 heteroatoms. The maximum absolute atomic E-state index is 11.5. The van der Waals surface area contributed by atoms with Gasteiger partial charge in [0.05, 0.1) is 0 Å². The van der Waals surface area contributed by atoms with Crippen LogP contribution >= 0.6 is 11.3 Å². The molecule has 0 bridgehead atoms. The van der Waals surface area contributed by atoms with Crippen LogP contribution in [0.4, 0.5) is 5.13 Å². The van der Waals surface area contributed by atoms with Crippen molar-refractivity contribution in [1.82, 2.24) is 15.5 Å². The van der Waals surface area contributed by atoms with Crippen LogP contribution in [-0.4, -0.2) is 22.1 Å². The normalized spacial score (nSPS) is 24.6. The standard InChI is InChI=1S/C8H12N4OS/c1-2-4-3-5(4)10-6(13)7-11-12-8(9)14-7/h4-5H,2-3H2,1H3,(H2,9,12)(H,10,13). The third-order valence-electron chi connectivity index (χ3n) is 2.40. The fraction of sp³-hybridized carbons (Fsp3) is 0.625. The largest absolute Gasteiger partial charge is 0.374 e. The molecular formula is C8H12N4OS. The Morgan fingerprint density at radius 2 is 2.50 bits per heavy atom. The van der Waals surface area contributed by atoms with Crippen molar-refractivity contribution in [3.63, 3.8) is 0 Å². The number of nitrogens with one attached hydrogen (secondary N) is 1. The minimum Gasteiger partial charge on any atom is -0.374 e. The van der Waals surface area contributed by atoms with E-state index in [-0.39, 0.29) is 5.91 Å². The van der Waals surface area contributed by atoms with Crippen molar-refractivity contribution in [1.29, 1.82) is 0 Å². The number of hydrogen-bond donors (Lipinski definition) is 2. The Hall–Kier alpha value is -1.17. The third kappa shape index (κ3) is 1.84. The molecule has 0 aliphatic heterocycles. The van der Waals surface area contributed by atoms with Crippen LogP contribution in [0.15, 0.2) is 0 Å². The Morgan fingerprint density at radius 1 is 1.71 bits per heavy atom. The maximum Gasteiger partial charge on any atom is 0.282 e. The minimum atomic E-state index is -0.153. The fourth-order valence-corrected chi connectivity index (χ4v) is 1.95. The second kappa shape index (κ2) is 3.53. The van der Waals surface area contributed by atoms with Crippen molar-refractivity contribution in [2.75, 3.05) is 5.73 Å². The van der Waals surface area contributed by atoms with E-state index < -0.39 is 0 Å². The van der Waals surface area contributed by atoms with Crippen molar-refractivity contribution in [3.05, 3.63) is 5.01 Å². The molecule has 1 amide bonds. The van der Waals surface area contributed by atoms with Crippen molar-refractivity contribution in [2.45, 2.75) is 25.8 Å². The highest BCUT2D eigenvalue weighted by Gasteiger charge is 2.37. The molecule has 0 saturated heterocycles. The smallest absolute Gasteiger partial charge is 0.282 e. The Bertz CT molecular complexity index is 351. The van der Waals surface area contributed by atoms with Gasteiger partial charge in [-0.25, -0.2) is 0 Å². The zero-order chi connectivity index (χ0) is 10.1. The number of nitrogens with two attached hydrogens (primary N) is 1. The van der Waals surface area contributed by atoms with Crippen LogP contribution in [0.1, 0.15) is 29.6 Å². The first-order valence-electron chi connectivity index (χ1n) is 4.60. The summed E-state index contributed by atoms with van der Waals surface area (Å²) in [5.41, 5.74) is 5.38. The van der Waals surface area contributed by atoms with E-state index in [1.807, 2.05) is 0 Å². The zero-order valence-electron chi connectivity index (χ0n) is 7.86. The minimum absolute atomic E-state index is 0.153. The van der Waals surface area contributed by atoms with Gasteiger partial charge in [0.1, 0.15) is 0 Å². The van der Waals surface area contributed by atoms with Crippen LogP contribution in [0.25, 0.3) is 0 Å². The van der Waals surface area contributed by atoms with Crippen LogP contribution in [0.5, 0.6) is 0 Å². The summed E-state index contributed by atoms with van der Waals surface area (Å²) in [7, 11) is 0. The van der Waals surface area contributed by atoms with E-state index >= 15 is 0 Å². The lowest BCUT2D eigenvalue weighted by Crippen LogP contribution is -2.26. The van der Waals surface area contributed by atoms with Crippen molar-refractivity contribution in [2.24, 2.45) is 5.92 Å². The summed E-state index contributed by atoms with van der Waals surface area (Å²) in [6.45, 7) is 2.12. The first kappa shape index (κ1) is 9.39. The number of aromatic nitrogens is 2. The SMILES string of the molecule is CCC1CC1NC(=O)c1nnc(N)s1. The van der Waals surface area contributed by atoms with Crippen LogP contribution in [0.3, 0.4) is 0 Å². The second-order valence-electron chi connectivity index (χ2n) is 3.43. The molecular weight excluding hydrogens is 200 g/mol. The van der Waals surface area contributed by atoms with Gasteiger partial charge in [0.15, 0.2) is 0 Å². The molecule has 5 nitrogen and oxygen atoms in total. The van der Waals surface area contributed by atoms with Crippen molar-refractivity contribution in [3.8, 4) is 0 Å². The highest BCUT2D eigenvalue weighted by Crippen LogP contribution is 2.33. The molecule has 1 heterocycles. The summed E-state index contributed by atoms with van der Waals surface area (Å²) >= 11 is 1.12. The molecule has 1 aliphatic rings. The molecule has 0 radical (unpaired) electrons. The van der Waals surface area contributed by atoms with Crippen molar-refractivity contribution >= 4 is 22.4 Å². The van der Waals surface area contributed by atoms with Gasteiger partial charge in [0.2, 0.25) is 10.1 Å². The lowest BCUT2D eigenvalue weighted by molar-refractivity contribution is 0.0948. The molecule has 2 atom stereocenters. The van der Waals surface area contributed by atoms with Gasteiger partial charge < -0.3 is 11.1 Å². The first-order chi connectivity index (χ1) is 6.70. The molecule has 14 heavy (non-hydrogen) atoms. The van der Waals surface area contributed by atoms with Gasteiger partial charge in [-0.05, 0) is 12.3 Å². The zero-order valence-corrected chi connectivity index (χ0v) is 8.67. The molecule has 0 aromatic carbocycles. The Kier molecular flexibility index (Phi) is 2.37. The fourth-order valence-electron chi connectivity index (χ4n) is 1.43. The summed E-state index contributed by atoms with van der Waals surface area (Å²) in [5.74, 6) is 0.490. The summed E-state index contributed by atoms with van der Waals surface area (Å²) in [6, 6.07) is 0.331. The van der Waals surface area contributed by atoms with Gasteiger partial charge in [-0.3, -0.25) is 4.79 Å². The third-order valence-corrected chi connectivity index (χ3v) is 3.15. The number of nitrogen functional groups attached to an aromatic ring is 1. The Labute approximate surface area is 85.7 Å². The monoisotopic (exact) mass is 212 g/mol. The summed E-state index contributed by atoms with van der Waals surface area (Å²) in [5, 5.41) is 10.8. The molecule has 1 saturated carbocycles. The topological polar surface area (TPSA) is 80.9 Å². The van der Waals surface area contributed by atoms with Gasteiger partial charge in [0.25, 0.3) is 5.91 Å². The predicted molar refractivity (Wildman–Crippen MR) is 54.0 cm³/mol. The molecule has 0 spiro atoms. The van der Waals surface area contributed by atoms with Gasteiger partial charge in [-0.15, -0.1) is 10.2 Å². The van der Waals surface area contributed by atoms with Crippen LogP contribution in [0.2, 0.25) is 0 Å². The number of nitrogens with zero attached hydrogens (tertiary/aromatic N) is 2. The first-order valence-corrected chi connectivity index (χ1v) is 5.42. The van der Waals surface area contributed by atoms with Gasteiger partial charge in [0, 0.05) is 6.04 Å². The lowest BCUT2D eigenvalue weighted by atomic mass is 10.3. The number of carbonyl (C=O) groups excluding carboxylic acids is 1. The summed E-state index contributed by atoms with van der Waals surface area (Å²) in [6.07, 6.45) is 2.19. The molecule has 76 valence electrons. The molecule has 1 aliphatic carbocycles. The van der Waals surface area contributed by atoms with E-state index in [4.69, 9.17) is 5.73 Å². The lowest BCUT2D eigenvalue weighted by Gasteiger charge is -1.99. The van der Waals surface area contributed by atoms with E-state index in [9.17, 15) is 4.79 Å². The van der Waals surface area contributed by atoms with Crippen molar-refractivity contribution < 1.29 is 4.79 Å². The molecule has 1 fully saturated rings. The predicted octanol–water partition coefficient (Wildman–Crippen LogP) is 0.649. The number of anilines is 1. The maximum atomic E-state index is 11.5. The molecule has 3 N–H and O–H groups in total. The van der Waals surface area contributed by atoms with Crippen LogP contribution in [0, 0.1) is 5.92 Å². The van der Waals surface area contributed by atoms with E-state index in [0.29, 0.717) is 22.1 Å². The van der Waals surface area contributed by atoms with Gasteiger partial charge in [-0.2, -0.15) is 0 Å². The van der Waals surface area contributed by atoms with E-state index in [0.717, 1.165) is 24.2 Å². The number of hydrogen-bond acceptors (Lipinski definition) is 5. The summed E-state index contributed by atoms with van der Waals surface area (Å²) < 4.78 is 0. The van der Waals surface area contributed by atoms with Gasteiger partial charge in [-0.1, -0.05) is 24.7 Å². The molecule has 1 aromatic heterocycles. The number of amides is 1. The average Bonchev–Trinajstić information content (AvgIpc) is 2.77. The highest BCUT2D eigenvalue weighted by molar-refractivity contribution is 7.16. The highest BCUT2D eigenvalue weighted by atomic mass is 32.1. The van der Waals surface area contributed by atoms with E-state index in [2.05, 4.69) is 22.4 Å². The Balaban J connectivity index is 1.91. The van der Waals surface area contributed by atoms with E-state index in [1.165, 1.54) is 0 Å². The number of rotatable bonds is 3. The average molecular weight is 212 g/mol. The Morgan fingerprint density at radius 3 is 3.00 bits per heavy atom. The van der Waals surface area contributed by atoms with Gasteiger partial charge >= 0.3 is 0 Å². The quantitative estimate of drug-likeness (QED) is 0.770. The second-order valence-corrected chi connectivity index (χ2v) is 4.44. The van der Waals surface area contributed by atoms with Crippen LogP contribution in [-0.2, 0) is 0 Å². The molecule has 2 rings (SSSR count).